The first-order chi connectivity index (χ1) is 9.08. The third-order valence-corrected chi connectivity index (χ3v) is 3.35. The fourth-order valence-corrected chi connectivity index (χ4v) is 2.07. The molecule has 2 aromatic carbocycles. The molecule has 2 atom stereocenters. The van der Waals surface area contributed by atoms with Crippen molar-refractivity contribution in [1.29, 1.82) is 0 Å². The van der Waals surface area contributed by atoms with Crippen molar-refractivity contribution >= 4 is 0 Å². The molecule has 1 nitrogen and oxygen atoms in total. The minimum absolute atomic E-state index is 0.106. The SMILES string of the molecule is CC(c1ccccc1)C(O)Cc1ccc(F)cc1F. The number of aliphatic hydroxyl groups is 1. The molecule has 100 valence electrons. The van der Waals surface area contributed by atoms with Gasteiger partial charge in [-0.25, -0.2) is 8.78 Å². The van der Waals surface area contributed by atoms with E-state index >= 15 is 0 Å². The molecule has 2 rings (SSSR count). The Morgan fingerprint density at radius 1 is 1.05 bits per heavy atom. The second-order valence-electron chi connectivity index (χ2n) is 4.71. The summed E-state index contributed by atoms with van der Waals surface area (Å²) in [6.45, 7) is 1.89. The van der Waals surface area contributed by atoms with Crippen LogP contribution in [0.2, 0.25) is 0 Å². The van der Waals surface area contributed by atoms with Gasteiger partial charge in [-0.15, -0.1) is 0 Å². The van der Waals surface area contributed by atoms with Crippen LogP contribution >= 0.6 is 0 Å². The first kappa shape index (κ1) is 13.7. The van der Waals surface area contributed by atoms with E-state index in [-0.39, 0.29) is 12.3 Å². The van der Waals surface area contributed by atoms with Gasteiger partial charge in [0.05, 0.1) is 6.10 Å². The normalized spacial score (nSPS) is 14.1. The molecule has 0 aliphatic carbocycles. The molecule has 0 saturated heterocycles. The highest BCUT2D eigenvalue weighted by Gasteiger charge is 2.18. The Labute approximate surface area is 111 Å². The van der Waals surface area contributed by atoms with Gasteiger partial charge in [0.1, 0.15) is 11.6 Å². The number of rotatable bonds is 4. The smallest absolute Gasteiger partial charge is 0.129 e. The third-order valence-electron chi connectivity index (χ3n) is 3.35. The van der Waals surface area contributed by atoms with Gasteiger partial charge in [0.25, 0.3) is 0 Å². The van der Waals surface area contributed by atoms with Crippen molar-refractivity contribution in [3.8, 4) is 0 Å². The van der Waals surface area contributed by atoms with Gasteiger partial charge in [0.2, 0.25) is 0 Å². The van der Waals surface area contributed by atoms with Gasteiger partial charge < -0.3 is 5.11 Å². The number of halogens is 2. The molecule has 0 aromatic heterocycles. The van der Waals surface area contributed by atoms with Crippen LogP contribution in [0.25, 0.3) is 0 Å². The molecule has 19 heavy (non-hydrogen) atoms. The van der Waals surface area contributed by atoms with E-state index in [1.54, 1.807) is 0 Å². The molecule has 0 radical (unpaired) electrons. The van der Waals surface area contributed by atoms with E-state index in [0.717, 1.165) is 11.6 Å². The average molecular weight is 262 g/mol. The lowest BCUT2D eigenvalue weighted by Crippen LogP contribution is -2.19. The molecular formula is C16H16F2O. The number of benzene rings is 2. The minimum atomic E-state index is -0.706. The zero-order valence-corrected chi connectivity index (χ0v) is 10.7. The highest BCUT2D eigenvalue weighted by atomic mass is 19.1. The molecule has 2 aromatic rings. The number of hydrogen-bond donors (Lipinski definition) is 1. The largest absolute Gasteiger partial charge is 0.392 e. The highest BCUT2D eigenvalue weighted by Crippen LogP contribution is 2.22. The second kappa shape index (κ2) is 5.93. The van der Waals surface area contributed by atoms with E-state index in [0.29, 0.717) is 5.56 Å². The Bertz CT molecular complexity index is 540. The lowest BCUT2D eigenvalue weighted by Gasteiger charge is -2.19. The van der Waals surface area contributed by atoms with Crippen LogP contribution in [-0.4, -0.2) is 11.2 Å². The summed E-state index contributed by atoms with van der Waals surface area (Å²) in [5, 5.41) is 10.2. The van der Waals surface area contributed by atoms with Crippen LogP contribution in [0.5, 0.6) is 0 Å². The fraction of sp³-hybridized carbons (Fsp3) is 0.250. The predicted molar refractivity (Wildman–Crippen MR) is 70.9 cm³/mol. The van der Waals surface area contributed by atoms with Crippen LogP contribution in [0.1, 0.15) is 24.0 Å². The van der Waals surface area contributed by atoms with Crippen LogP contribution in [0.3, 0.4) is 0 Å². The van der Waals surface area contributed by atoms with Crippen molar-refractivity contribution in [2.24, 2.45) is 0 Å². The zero-order valence-electron chi connectivity index (χ0n) is 10.7. The van der Waals surface area contributed by atoms with Gasteiger partial charge >= 0.3 is 0 Å². The van der Waals surface area contributed by atoms with E-state index in [1.165, 1.54) is 12.1 Å². The Morgan fingerprint density at radius 3 is 2.37 bits per heavy atom. The molecule has 0 fully saturated rings. The lowest BCUT2D eigenvalue weighted by atomic mass is 9.91. The van der Waals surface area contributed by atoms with Crippen LogP contribution in [0.15, 0.2) is 48.5 Å². The molecule has 0 aliphatic rings. The monoisotopic (exact) mass is 262 g/mol. The van der Waals surface area contributed by atoms with Crippen molar-refractivity contribution < 1.29 is 13.9 Å². The number of hydrogen-bond acceptors (Lipinski definition) is 1. The highest BCUT2D eigenvalue weighted by molar-refractivity contribution is 5.23. The first-order valence-electron chi connectivity index (χ1n) is 6.25. The Kier molecular flexibility index (Phi) is 4.27. The Balaban J connectivity index is 2.10. The summed E-state index contributed by atoms with van der Waals surface area (Å²) in [5.74, 6) is -1.32. The van der Waals surface area contributed by atoms with Crippen molar-refractivity contribution in [3.63, 3.8) is 0 Å². The second-order valence-corrected chi connectivity index (χ2v) is 4.71. The molecule has 0 amide bonds. The van der Waals surface area contributed by atoms with Gasteiger partial charge in [0.15, 0.2) is 0 Å². The quantitative estimate of drug-likeness (QED) is 0.891. The molecule has 1 N–H and O–H groups in total. The molecule has 3 heteroatoms. The topological polar surface area (TPSA) is 20.2 Å². The molecule has 0 bridgehead atoms. The fourth-order valence-electron chi connectivity index (χ4n) is 2.07. The maximum Gasteiger partial charge on any atom is 0.129 e. The van der Waals surface area contributed by atoms with Gasteiger partial charge in [-0.1, -0.05) is 43.3 Å². The third kappa shape index (κ3) is 3.38. The summed E-state index contributed by atoms with van der Waals surface area (Å²) in [5.41, 5.74) is 1.33. The summed E-state index contributed by atoms with van der Waals surface area (Å²) in [6.07, 6.45) is -0.537. The van der Waals surface area contributed by atoms with Crippen molar-refractivity contribution in [2.75, 3.05) is 0 Å². The number of aliphatic hydroxyl groups excluding tert-OH is 1. The summed E-state index contributed by atoms with van der Waals surface area (Å²) in [6, 6.07) is 13.0. The van der Waals surface area contributed by atoms with E-state index in [4.69, 9.17) is 0 Å². The summed E-state index contributed by atoms with van der Waals surface area (Å²) in [4.78, 5) is 0. The maximum absolute atomic E-state index is 13.5. The van der Waals surface area contributed by atoms with Crippen LogP contribution in [0, 0.1) is 11.6 Å². The molecule has 0 saturated carbocycles. The molecule has 0 spiro atoms. The van der Waals surface area contributed by atoms with Crippen molar-refractivity contribution in [2.45, 2.75) is 25.4 Å². The standard InChI is InChI=1S/C16H16F2O/c1-11(12-5-3-2-4-6-12)16(19)9-13-7-8-14(17)10-15(13)18/h2-8,10-11,16,19H,9H2,1H3. The van der Waals surface area contributed by atoms with E-state index in [2.05, 4.69) is 0 Å². The summed E-state index contributed by atoms with van der Waals surface area (Å²) in [7, 11) is 0. The van der Waals surface area contributed by atoms with Gasteiger partial charge in [-0.3, -0.25) is 0 Å². The van der Waals surface area contributed by atoms with Gasteiger partial charge in [0, 0.05) is 18.4 Å². The molecule has 2 unspecified atom stereocenters. The summed E-state index contributed by atoms with van der Waals surface area (Å²) >= 11 is 0. The van der Waals surface area contributed by atoms with Crippen LogP contribution < -0.4 is 0 Å². The molecule has 0 aliphatic heterocycles. The van der Waals surface area contributed by atoms with E-state index in [9.17, 15) is 13.9 Å². The maximum atomic E-state index is 13.5. The van der Waals surface area contributed by atoms with Gasteiger partial charge in [-0.05, 0) is 17.2 Å². The van der Waals surface area contributed by atoms with E-state index in [1.807, 2.05) is 37.3 Å². The predicted octanol–water partition coefficient (Wildman–Crippen LogP) is 3.67. The van der Waals surface area contributed by atoms with Crippen molar-refractivity contribution in [1.82, 2.24) is 0 Å². The molecule has 0 heterocycles. The Morgan fingerprint density at radius 2 is 1.74 bits per heavy atom. The van der Waals surface area contributed by atoms with Crippen molar-refractivity contribution in [3.05, 3.63) is 71.3 Å². The lowest BCUT2D eigenvalue weighted by molar-refractivity contribution is 0.148. The average Bonchev–Trinajstić information content (AvgIpc) is 2.42. The first-order valence-corrected chi connectivity index (χ1v) is 6.25. The van der Waals surface area contributed by atoms with E-state index < -0.39 is 17.7 Å². The van der Waals surface area contributed by atoms with Crippen LogP contribution in [0.4, 0.5) is 8.78 Å². The van der Waals surface area contributed by atoms with Gasteiger partial charge in [-0.2, -0.15) is 0 Å². The molecular weight excluding hydrogens is 246 g/mol. The minimum Gasteiger partial charge on any atom is -0.392 e. The summed E-state index contributed by atoms with van der Waals surface area (Å²) < 4.78 is 26.3. The zero-order chi connectivity index (χ0) is 13.8. The van der Waals surface area contributed by atoms with Crippen LogP contribution in [-0.2, 0) is 6.42 Å². The Hall–Kier alpha value is -1.74.